The highest BCUT2D eigenvalue weighted by Crippen LogP contribution is 2.35. The fourth-order valence-electron chi connectivity index (χ4n) is 2.84. The van der Waals surface area contributed by atoms with E-state index in [1.165, 1.54) is 13.0 Å². The third-order valence-electron chi connectivity index (χ3n) is 4.47. The molecule has 0 radical (unpaired) electrons. The summed E-state index contributed by atoms with van der Waals surface area (Å²) in [6, 6.07) is 8.15. The van der Waals surface area contributed by atoms with Crippen molar-refractivity contribution in [2.75, 3.05) is 6.54 Å². The van der Waals surface area contributed by atoms with Crippen molar-refractivity contribution in [2.45, 2.75) is 28.9 Å². The lowest BCUT2D eigenvalue weighted by atomic mass is 10.1. The molecule has 2 aromatic carbocycles. The monoisotopic (exact) mass is 537 g/mol. The Morgan fingerprint density at radius 2 is 1.74 bits per heavy atom. The number of hydrogen-bond donors (Lipinski definition) is 1. The Balaban J connectivity index is 1.89. The molecule has 0 saturated carbocycles. The third kappa shape index (κ3) is 5.89. The van der Waals surface area contributed by atoms with Crippen LogP contribution in [0.1, 0.15) is 27.2 Å². The number of nitrogens with one attached hydrogen (secondary N) is 1. The summed E-state index contributed by atoms with van der Waals surface area (Å²) in [5, 5.41) is 8.76. The molecule has 1 heterocycles. The van der Waals surface area contributed by atoms with Crippen LogP contribution in [-0.2, 0) is 22.9 Å². The molecule has 0 bridgehead atoms. The first-order valence-corrected chi connectivity index (χ1v) is 11.2. The lowest BCUT2D eigenvalue weighted by molar-refractivity contribution is -0.137. The summed E-state index contributed by atoms with van der Waals surface area (Å²) < 4.78 is 81.3. The number of alkyl halides is 5. The number of halogens is 7. The van der Waals surface area contributed by atoms with E-state index in [2.05, 4.69) is 10.2 Å². The number of nitrogens with zero attached hydrogens (tertiary/aromatic N) is 2. The van der Waals surface area contributed by atoms with E-state index in [1.54, 1.807) is 0 Å². The van der Waals surface area contributed by atoms with E-state index in [0.29, 0.717) is 6.07 Å². The first kappa shape index (κ1) is 26.0. The summed E-state index contributed by atoms with van der Waals surface area (Å²) in [5.41, 5.74) is -1.80. The lowest BCUT2D eigenvalue weighted by Gasteiger charge is -2.19. The molecule has 5 nitrogen and oxygen atoms in total. The topological polar surface area (TPSA) is 72.0 Å². The standard InChI is InChI=1S/C21H14Cl2F5N3O2S/c1-11-7-15(18(32)29-10-20(24,25)16-6-5-13(22)9-17(16)23)19(31-30-11)34(33)14-4-2-3-12(8-14)21(26,27)28/h2-9H,10H2,1H3,(H,29,32)/t34-/m1/s1. The van der Waals surface area contributed by atoms with Gasteiger partial charge in [0.1, 0.15) is 10.8 Å². The van der Waals surface area contributed by atoms with E-state index >= 15 is 0 Å². The Bertz CT molecular complexity index is 1270. The van der Waals surface area contributed by atoms with Gasteiger partial charge in [-0.1, -0.05) is 29.3 Å². The molecule has 1 amide bonds. The molecular weight excluding hydrogens is 524 g/mol. The van der Waals surface area contributed by atoms with Crippen molar-refractivity contribution in [1.29, 1.82) is 0 Å². The number of carbonyl (C=O) groups is 1. The Morgan fingerprint density at radius 1 is 1.03 bits per heavy atom. The minimum absolute atomic E-state index is 0.147. The molecule has 0 unspecified atom stereocenters. The van der Waals surface area contributed by atoms with Gasteiger partial charge in [-0.05, 0) is 49.4 Å². The predicted molar refractivity (Wildman–Crippen MR) is 116 cm³/mol. The van der Waals surface area contributed by atoms with Crippen LogP contribution in [0.3, 0.4) is 0 Å². The quantitative estimate of drug-likeness (QED) is 0.403. The van der Waals surface area contributed by atoms with Gasteiger partial charge in [0.15, 0.2) is 5.03 Å². The van der Waals surface area contributed by atoms with Crippen molar-refractivity contribution in [1.82, 2.24) is 15.5 Å². The number of benzene rings is 2. The second kappa shape index (κ2) is 9.93. The van der Waals surface area contributed by atoms with Gasteiger partial charge >= 0.3 is 6.18 Å². The number of hydrogen-bond acceptors (Lipinski definition) is 4. The number of aromatic nitrogens is 2. The van der Waals surface area contributed by atoms with E-state index in [4.69, 9.17) is 23.2 Å². The first-order chi connectivity index (χ1) is 15.8. The number of amides is 1. The van der Waals surface area contributed by atoms with Crippen LogP contribution in [0, 0.1) is 6.92 Å². The van der Waals surface area contributed by atoms with Gasteiger partial charge in [-0.15, -0.1) is 5.10 Å². The fourth-order valence-corrected chi connectivity index (χ4v) is 4.52. The second-order valence-electron chi connectivity index (χ2n) is 7.01. The predicted octanol–water partition coefficient (Wildman–Crippen LogP) is 5.80. The van der Waals surface area contributed by atoms with Gasteiger partial charge in [-0.3, -0.25) is 4.79 Å². The molecule has 0 aliphatic rings. The van der Waals surface area contributed by atoms with Crippen molar-refractivity contribution < 1.29 is 31.0 Å². The van der Waals surface area contributed by atoms with Crippen molar-refractivity contribution in [3.05, 3.63) is 81.0 Å². The van der Waals surface area contributed by atoms with E-state index in [-0.39, 0.29) is 26.2 Å². The van der Waals surface area contributed by atoms with Crippen LogP contribution in [0.2, 0.25) is 10.0 Å². The Morgan fingerprint density at radius 3 is 2.38 bits per heavy atom. The van der Waals surface area contributed by atoms with Gasteiger partial charge in [0.05, 0.1) is 28.4 Å². The molecule has 34 heavy (non-hydrogen) atoms. The fraction of sp³-hybridized carbons (Fsp3) is 0.190. The van der Waals surface area contributed by atoms with Crippen LogP contribution in [0.15, 0.2) is 58.5 Å². The van der Waals surface area contributed by atoms with Gasteiger partial charge in [-0.25, -0.2) is 4.21 Å². The Kier molecular flexibility index (Phi) is 7.59. The highest BCUT2D eigenvalue weighted by Gasteiger charge is 2.35. The summed E-state index contributed by atoms with van der Waals surface area (Å²) in [7, 11) is -2.36. The van der Waals surface area contributed by atoms with Gasteiger partial charge in [0.2, 0.25) is 0 Å². The molecule has 1 N–H and O–H groups in total. The van der Waals surface area contributed by atoms with Crippen LogP contribution in [0.25, 0.3) is 0 Å². The normalized spacial score (nSPS) is 12.9. The van der Waals surface area contributed by atoms with Gasteiger partial charge in [-0.2, -0.15) is 27.1 Å². The summed E-state index contributed by atoms with van der Waals surface area (Å²) >= 11 is 11.5. The molecule has 0 spiro atoms. The lowest BCUT2D eigenvalue weighted by Crippen LogP contribution is -2.36. The highest BCUT2D eigenvalue weighted by atomic mass is 35.5. The number of aryl methyl sites for hydroxylation is 1. The second-order valence-corrected chi connectivity index (χ2v) is 9.25. The molecule has 0 fully saturated rings. The summed E-state index contributed by atoms with van der Waals surface area (Å²) in [6.07, 6.45) is -4.69. The van der Waals surface area contributed by atoms with Crippen LogP contribution in [0.5, 0.6) is 0 Å². The Hall–Kier alpha value is -2.63. The molecule has 3 rings (SSSR count). The molecule has 1 atom stereocenters. The zero-order valence-corrected chi connectivity index (χ0v) is 19.4. The van der Waals surface area contributed by atoms with Crippen LogP contribution < -0.4 is 5.32 Å². The van der Waals surface area contributed by atoms with Crippen molar-refractivity contribution >= 4 is 39.9 Å². The van der Waals surface area contributed by atoms with Crippen molar-refractivity contribution in [3.8, 4) is 0 Å². The molecule has 1 aromatic heterocycles. The molecule has 0 aliphatic carbocycles. The molecule has 0 aliphatic heterocycles. The average Bonchev–Trinajstić information content (AvgIpc) is 2.76. The Labute approximate surface area is 202 Å². The third-order valence-corrected chi connectivity index (χ3v) is 6.36. The summed E-state index contributed by atoms with van der Waals surface area (Å²) in [6.45, 7) is 0.271. The maximum absolute atomic E-state index is 14.6. The number of rotatable bonds is 6. The van der Waals surface area contributed by atoms with E-state index in [1.807, 2.05) is 5.32 Å². The summed E-state index contributed by atoms with van der Waals surface area (Å²) in [4.78, 5) is 12.4. The minimum Gasteiger partial charge on any atom is -0.346 e. The van der Waals surface area contributed by atoms with Crippen LogP contribution >= 0.6 is 23.2 Å². The first-order valence-electron chi connectivity index (χ1n) is 9.34. The largest absolute Gasteiger partial charge is 0.416 e. The average molecular weight is 538 g/mol. The van der Waals surface area contributed by atoms with Gasteiger partial charge < -0.3 is 5.32 Å². The van der Waals surface area contributed by atoms with Crippen molar-refractivity contribution in [3.63, 3.8) is 0 Å². The molecule has 180 valence electrons. The maximum atomic E-state index is 14.6. The molecule has 13 heteroatoms. The van der Waals surface area contributed by atoms with Crippen LogP contribution in [0.4, 0.5) is 22.0 Å². The van der Waals surface area contributed by atoms with E-state index < -0.39 is 51.5 Å². The smallest absolute Gasteiger partial charge is 0.346 e. The SMILES string of the molecule is Cc1cc(C(=O)NCC(F)(F)c2ccc(Cl)cc2Cl)c([S@](=O)c2cccc(C(F)(F)F)c2)nn1. The number of carbonyl (C=O) groups excluding carboxylic acids is 1. The van der Waals surface area contributed by atoms with Crippen molar-refractivity contribution in [2.24, 2.45) is 0 Å². The van der Waals surface area contributed by atoms with Gasteiger partial charge in [0.25, 0.3) is 11.8 Å². The molecule has 3 aromatic rings. The van der Waals surface area contributed by atoms with E-state index in [9.17, 15) is 31.0 Å². The zero-order valence-electron chi connectivity index (χ0n) is 17.1. The van der Waals surface area contributed by atoms with Gasteiger partial charge in [0, 0.05) is 15.5 Å². The summed E-state index contributed by atoms with van der Waals surface area (Å²) in [5.74, 6) is -4.66. The minimum atomic E-state index is -4.69. The molecular formula is C21H14Cl2F5N3O2S. The van der Waals surface area contributed by atoms with E-state index in [0.717, 1.165) is 36.4 Å². The highest BCUT2D eigenvalue weighted by molar-refractivity contribution is 7.85. The molecule has 0 saturated heterocycles. The maximum Gasteiger partial charge on any atom is 0.416 e. The van der Waals surface area contributed by atoms with Crippen LogP contribution in [-0.4, -0.2) is 26.9 Å². The zero-order chi connectivity index (χ0) is 25.3.